The first-order valence-corrected chi connectivity index (χ1v) is 6.78. The van der Waals surface area contributed by atoms with Crippen LogP contribution in [0.5, 0.6) is 11.5 Å². The van der Waals surface area contributed by atoms with Gasteiger partial charge in [-0.3, -0.25) is 0 Å². The Bertz CT molecular complexity index is 412. The summed E-state index contributed by atoms with van der Waals surface area (Å²) in [6.45, 7) is 2.07. The number of benzene rings is 1. The van der Waals surface area contributed by atoms with Crippen LogP contribution in [0.1, 0.15) is 37.8 Å². The summed E-state index contributed by atoms with van der Waals surface area (Å²) in [6.07, 6.45) is 1.99. The molecule has 0 spiro atoms. The molecule has 0 fully saturated rings. The van der Waals surface area contributed by atoms with Crippen molar-refractivity contribution in [1.29, 1.82) is 0 Å². The monoisotopic (exact) mass is 287 g/mol. The van der Waals surface area contributed by atoms with Crippen LogP contribution in [-0.2, 0) is 0 Å². The smallest absolute Gasteiger partial charge is 0.179 e. The standard InChI is InChI=1S/C14H22ClNO3/c1-4-5-6-10(17)13(16)9-7-8-11(18-2)14(19-3)12(9)15/h7-8,10,13,17H,4-6,16H2,1-3H3/t10-,13+/m0/s1. The molecule has 4 nitrogen and oxygen atoms in total. The van der Waals surface area contributed by atoms with Crippen LogP contribution < -0.4 is 15.2 Å². The lowest BCUT2D eigenvalue weighted by Gasteiger charge is -2.21. The lowest BCUT2D eigenvalue weighted by atomic mass is 9.98. The Morgan fingerprint density at radius 2 is 2.00 bits per heavy atom. The number of aliphatic hydroxyl groups excluding tert-OH is 1. The second-order valence-corrected chi connectivity index (χ2v) is 4.82. The molecule has 0 aliphatic heterocycles. The third kappa shape index (κ3) is 3.75. The average molecular weight is 288 g/mol. The number of unbranched alkanes of at least 4 members (excludes halogenated alkanes) is 1. The summed E-state index contributed by atoms with van der Waals surface area (Å²) >= 11 is 6.27. The molecule has 0 saturated heterocycles. The molecule has 1 aromatic carbocycles. The molecule has 3 N–H and O–H groups in total. The molecule has 0 bridgehead atoms. The van der Waals surface area contributed by atoms with E-state index in [9.17, 15) is 5.11 Å². The van der Waals surface area contributed by atoms with Crippen molar-refractivity contribution in [2.24, 2.45) is 5.73 Å². The predicted molar refractivity (Wildman–Crippen MR) is 77.0 cm³/mol. The van der Waals surface area contributed by atoms with Gasteiger partial charge < -0.3 is 20.3 Å². The SMILES string of the molecule is CCCC[C@H](O)[C@H](N)c1ccc(OC)c(OC)c1Cl. The molecule has 0 aromatic heterocycles. The summed E-state index contributed by atoms with van der Waals surface area (Å²) in [4.78, 5) is 0. The van der Waals surface area contributed by atoms with E-state index in [0.717, 1.165) is 12.8 Å². The highest BCUT2D eigenvalue weighted by molar-refractivity contribution is 6.33. The van der Waals surface area contributed by atoms with Crippen LogP contribution >= 0.6 is 11.6 Å². The number of hydrogen-bond donors (Lipinski definition) is 2. The van der Waals surface area contributed by atoms with Crippen molar-refractivity contribution in [3.8, 4) is 11.5 Å². The van der Waals surface area contributed by atoms with Crippen LogP contribution in [0, 0.1) is 0 Å². The van der Waals surface area contributed by atoms with Gasteiger partial charge in [-0.25, -0.2) is 0 Å². The second-order valence-electron chi connectivity index (χ2n) is 4.44. The normalized spacial score (nSPS) is 14.0. The van der Waals surface area contributed by atoms with Gasteiger partial charge in [0.05, 0.1) is 31.4 Å². The van der Waals surface area contributed by atoms with Crippen molar-refractivity contribution in [3.05, 3.63) is 22.7 Å². The van der Waals surface area contributed by atoms with Crippen molar-refractivity contribution < 1.29 is 14.6 Å². The van der Waals surface area contributed by atoms with Crippen LogP contribution in [0.2, 0.25) is 5.02 Å². The molecule has 19 heavy (non-hydrogen) atoms. The number of ether oxygens (including phenoxy) is 2. The van der Waals surface area contributed by atoms with E-state index in [-0.39, 0.29) is 0 Å². The van der Waals surface area contributed by atoms with Crippen LogP contribution in [0.25, 0.3) is 0 Å². The lowest BCUT2D eigenvalue weighted by Crippen LogP contribution is -2.26. The van der Waals surface area contributed by atoms with E-state index in [0.29, 0.717) is 28.5 Å². The number of hydrogen-bond acceptors (Lipinski definition) is 4. The van der Waals surface area contributed by atoms with Crippen molar-refractivity contribution in [2.45, 2.75) is 38.3 Å². The van der Waals surface area contributed by atoms with Crippen molar-refractivity contribution >= 4 is 11.6 Å². The molecule has 0 unspecified atom stereocenters. The molecule has 0 saturated carbocycles. The Hall–Kier alpha value is -0.970. The van der Waals surface area contributed by atoms with Crippen LogP contribution in [0.15, 0.2) is 12.1 Å². The van der Waals surface area contributed by atoms with Crippen LogP contribution in [0.4, 0.5) is 0 Å². The molecule has 5 heteroatoms. The quantitative estimate of drug-likeness (QED) is 0.809. The molecule has 108 valence electrons. The first-order chi connectivity index (χ1) is 9.06. The van der Waals surface area contributed by atoms with E-state index < -0.39 is 12.1 Å². The van der Waals surface area contributed by atoms with Gasteiger partial charge in [0.2, 0.25) is 0 Å². The minimum Gasteiger partial charge on any atom is -0.493 e. The summed E-state index contributed by atoms with van der Waals surface area (Å²) in [6, 6.07) is 2.98. The highest BCUT2D eigenvalue weighted by Crippen LogP contribution is 2.39. The number of aliphatic hydroxyl groups is 1. The van der Waals surface area contributed by atoms with Gasteiger partial charge in [0.25, 0.3) is 0 Å². The Labute approximate surface area is 119 Å². The van der Waals surface area contributed by atoms with E-state index in [4.69, 9.17) is 26.8 Å². The zero-order valence-corrected chi connectivity index (χ0v) is 12.4. The van der Waals surface area contributed by atoms with Gasteiger partial charge in [0, 0.05) is 0 Å². The van der Waals surface area contributed by atoms with E-state index in [1.807, 2.05) is 0 Å². The van der Waals surface area contributed by atoms with Gasteiger partial charge in [0.15, 0.2) is 11.5 Å². The van der Waals surface area contributed by atoms with E-state index >= 15 is 0 Å². The maximum absolute atomic E-state index is 10.1. The van der Waals surface area contributed by atoms with Gasteiger partial charge in [-0.05, 0) is 18.1 Å². The molecule has 1 aromatic rings. The molecule has 0 aliphatic carbocycles. The first kappa shape index (κ1) is 16.1. The lowest BCUT2D eigenvalue weighted by molar-refractivity contribution is 0.132. The maximum atomic E-state index is 10.1. The van der Waals surface area contributed by atoms with E-state index in [1.165, 1.54) is 7.11 Å². The fraction of sp³-hybridized carbons (Fsp3) is 0.571. The van der Waals surface area contributed by atoms with Crippen molar-refractivity contribution in [2.75, 3.05) is 14.2 Å². The van der Waals surface area contributed by atoms with Crippen molar-refractivity contribution in [1.82, 2.24) is 0 Å². The number of nitrogens with two attached hydrogens (primary N) is 1. The largest absolute Gasteiger partial charge is 0.493 e. The zero-order valence-electron chi connectivity index (χ0n) is 11.6. The van der Waals surface area contributed by atoms with E-state index in [2.05, 4.69) is 6.92 Å². The minimum atomic E-state index is -0.615. The number of rotatable bonds is 7. The van der Waals surface area contributed by atoms with Crippen LogP contribution in [-0.4, -0.2) is 25.4 Å². The minimum absolute atomic E-state index is 0.393. The molecule has 0 heterocycles. The predicted octanol–water partition coefficient (Wildman–Crippen LogP) is 2.91. The van der Waals surface area contributed by atoms with Gasteiger partial charge in [-0.15, -0.1) is 0 Å². The van der Waals surface area contributed by atoms with Crippen molar-refractivity contribution in [3.63, 3.8) is 0 Å². The van der Waals surface area contributed by atoms with Gasteiger partial charge in [-0.2, -0.15) is 0 Å². The Morgan fingerprint density at radius 3 is 2.53 bits per heavy atom. The first-order valence-electron chi connectivity index (χ1n) is 6.40. The fourth-order valence-corrected chi connectivity index (χ4v) is 2.32. The van der Waals surface area contributed by atoms with E-state index in [1.54, 1.807) is 19.2 Å². The molecular formula is C14H22ClNO3. The topological polar surface area (TPSA) is 64.7 Å². The molecule has 0 radical (unpaired) electrons. The molecule has 2 atom stereocenters. The van der Waals surface area contributed by atoms with Gasteiger partial charge >= 0.3 is 0 Å². The summed E-state index contributed by atoms with van der Waals surface area (Å²) in [5, 5.41) is 10.5. The van der Waals surface area contributed by atoms with Gasteiger partial charge in [-0.1, -0.05) is 37.4 Å². The summed E-state index contributed by atoms with van der Waals surface area (Å²) in [5.41, 5.74) is 6.73. The molecule has 0 amide bonds. The maximum Gasteiger partial charge on any atom is 0.179 e. The van der Waals surface area contributed by atoms with Gasteiger partial charge in [0.1, 0.15) is 0 Å². The highest BCUT2D eigenvalue weighted by atomic mass is 35.5. The number of halogens is 1. The average Bonchev–Trinajstić information content (AvgIpc) is 2.43. The zero-order chi connectivity index (χ0) is 14.4. The third-order valence-corrected chi connectivity index (χ3v) is 3.53. The number of methoxy groups -OCH3 is 2. The Morgan fingerprint density at radius 1 is 1.32 bits per heavy atom. The highest BCUT2D eigenvalue weighted by Gasteiger charge is 2.22. The molecule has 1 rings (SSSR count). The Kier molecular flexibility index (Phi) is 6.42. The van der Waals surface area contributed by atoms with Crippen LogP contribution in [0.3, 0.4) is 0 Å². The second kappa shape index (κ2) is 7.58. The molecular weight excluding hydrogens is 266 g/mol. The summed E-state index contributed by atoms with van der Waals surface area (Å²) < 4.78 is 10.4. The summed E-state index contributed by atoms with van der Waals surface area (Å²) in [7, 11) is 3.07. The summed E-state index contributed by atoms with van der Waals surface area (Å²) in [5.74, 6) is 0.992. The fourth-order valence-electron chi connectivity index (χ4n) is 1.96. The molecule has 0 aliphatic rings. The third-order valence-electron chi connectivity index (χ3n) is 3.14. The Balaban J connectivity index is 3.00.